The molecular weight excluding hydrogens is 602 g/mol. The molecule has 3 amide bonds. The zero-order chi connectivity index (χ0) is 33.4. The van der Waals surface area contributed by atoms with Gasteiger partial charge in [-0.25, -0.2) is 0 Å². The van der Waals surface area contributed by atoms with Gasteiger partial charge in [-0.1, -0.05) is 93.4 Å². The largest absolute Gasteiger partial charge is 0.394 e. The van der Waals surface area contributed by atoms with Crippen LogP contribution in [0.15, 0.2) is 79.9 Å². The summed E-state index contributed by atoms with van der Waals surface area (Å²) in [6.07, 6.45) is 4.40. The standard InChI is InChI=1S/C37H46ClN3O5/c1-7-19-39(22-26-15-11-10-12-16-26)33(43)30-31-34(44)41(29(23-42)24(4)9-3)32(37(31)21-25(5)36(30,6)46-37)35(45)40(20-8-2)28-18-14-13-17-27(28)38/h7-8,10-18,24-25,29-32,42H,1-2,9,19-23H2,3-6H3/t24-,25?,29-,30+,31-,32?,36-,37?/m0/s1. The van der Waals surface area contributed by atoms with Crippen molar-refractivity contribution in [3.8, 4) is 0 Å². The van der Waals surface area contributed by atoms with Gasteiger partial charge in [0.05, 0.1) is 40.8 Å². The maximum Gasteiger partial charge on any atom is 0.253 e. The van der Waals surface area contributed by atoms with Crippen molar-refractivity contribution >= 4 is 35.0 Å². The Morgan fingerprint density at radius 3 is 2.37 bits per heavy atom. The normalized spacial score (nSPS) is 29.3. The van der Waals surface area contributed by atoms with E-state index in [2.05, 4.69) is 13.2 Å². The number of halogens is 1. The van der Waals surface area contributed by atoms with Crippen molar-refractivity contribution in [1.29, 1.82) is 0 Å². The summed E-state index contributed by atoms with van der Waals surface area (Å²) in [5.74, 6) is -2.91. The summed E-state index contributed by atoms with van der Waals surface area (Å²) in [5.41, 5.74) is -0.822. The van der Waals surface area contributed by atoms with Gasteiger partial charge in [-0.05, 0) is 42.9 Å². The third-order valence-electron chi connectivity index (χ3n) is 10.7. The van der Waals surface area contributed by atoms with Crippen LogP contribution >= 0.6 is 11.6 Å². The Labute approximate surface area is 277 Å². The summed E-state index contributed by atoms with van der Waals surface area (Å²) in [4.78, 5) is 49.5. The van der Waals surface area contributed by atoms with Crippen LogP contribution in [0.4, 0.5) is 5.69 Å². The van der Waals surface area contributed by atoms with E-state index >= 15 is 4.79 Å². The lowest BCUT2D eigenvalue weighted by Crippen LogP contribution is -2.60. The fraction of sp³-hybridized carbons (Fsp3) is 0.486. The Morgan fingerprint density at radius 1 is 1.11 bits per heavy atom. The number of benzene rings is 2. The molecule has 3 aliphatic heterocycles. The summed E-state index contributed by atoms with van der Waals surface area (Å²) in [6.45, 7) is 16.1. The molecule has 1 spiro atoms. The number of rotatable bonds is 13. The molecule has 8 atom stereocenters. The first-order valence-electron chi connectivity index (χ1n) is 16.2. The number of hydrogen-bond donors (Lipinski definition) is 1. The number of hydrogen-bond acceptors (Lipinski definition) is 5. The summed E-state index contributed by atoms with van der Waals surface area (Å²) in [6, 6.07) is 15.0. The molecule has 2 aromatic rings. The average Bonchev–Trinajstić information content (AvgIpc) is 3.56. The summed E-state index contributed by atoms with van der Waals surface area (Å²) in [5, 5.41) is 11.1. The number of carbonyl (C=O) groups is 3. The van der Waals surface area contributed by atoms with Crippen LogP contribution in [0.5, 0.6) is 0 Å². The van der Waals surface area contributed by atoms with Crippen LogP contribution in [-0.2, 0) is 25.7 Å². The summed E-state index contributed by atoms with van der Waals surface area (Å²) in [7, 11) is 0. The van der Waals surface area contributed by atoms with Crippen LogP contribution in [0.3, 0.4) is 0 Å². The fourth-order valence-electron chi connectivity index (χ4n) is 8.15. The molecular formula is C37H46ClN3O5. The van der Waals surface area contributed by atoms with Crippen LogP contribution in [0, 0.1) is 23.7 Å². The molecule has 3 aliphatic rings. The van der Waals surface area contributed by atoms with E-state index in [1.54, 1.807) is 51.1 Å². The SMILES string of the molecule is C=CCN(Cc1ccccc1)C(=O)[C@H]1[C@H]2C(=O)N([C@@H](CO)[C@@H](C)CC)C(C(=O)N(CC=C)c3ccccc3Cl)C23CC(C)[C@]1(C)O3. The van der Waals surface area contributed by atoms with Gasteiger partial charge in [0.25, 0.3) is 5.91 Å². The molecule has 9 heteroatoms. The minimum absolute atomic E-state index is 0.123. The molecule has 3 unspecified atom stereocenters. The molecule has 2 bridgehead atoms. The molecule has 2 aromatic carbocycles. The predicted octanol–water partition coefficient (Wildman–Crippen LogP) is 5.49. The monoisotopic (exact) mass is 647 g/mol. The van der Waals surface area contributed by atoms with Gasteiger partial charge < -0.3 is 24.5 Å². The summed E-state index contributed by atoms with van der Waals surface area (Å²) >= 11 is 6.62. The molecule has 0 saturated carbocycles. The Kier molecular flexibility index (Phi) is 9.83. The second kappa shape index (κ2) is 13.3. The summed E-state index contributed by atoms with van der Waals surface area (Å²) < 4.78 is 7.01. The highest BCUT2D eigenvalue weighted by atomic mass is 35.5. The lowest BCUT2D eigenvalue weighted by molar-refractivity contribution is -0.155. The van der Waals surface area contributed by atoms with Crippen molar-refractivity contribution in [3.63, 3.8) is 0 Å². The molecule has 246 valence electrons. The molecule has 0 aromatic heterocycles. The van der Waals surface area contributed by atoms with Crippen molar-refractivity contribution in [2.45, 2.75) is 70.4 Å². The van der Waals surface area contributed by atoms with Crippen molar-refractivity contribution in [2.75, 3.05) is 24.6 Å². The van der Waals surface area contributed by atoms with Crippen molar-refractivity contribution in [2.24, 2.45) is 23.7 Å². The van der Waals surface area contributed by atoms with Gasteiger partial charge in [0, 0.05) is 19.6 Å². The van der Waals surface area contributed by atoms with E-state index in [0.29, 0.717) is 36.6 Å². The molecule has 3 fully saturated rings. The number of anilines is 1. The van der Waals surface area contributed by atoms with E-state index in [4.69, 9.17) is 16.3 Å². The van der Waals surface area contributed by atoms with Crippen LogP contribution in [0.1, 0.15) is 46.1 Å². The van der Waals surface area contributed by atoms with Crippen LogP contribution in [0.25, 0.3) is 0 Å². The smallest absolute Gasteiger partial charge is 0.253 e. The minimum Gasteiger partial charge on any atom is -0.394 e. The number of ether oxygens (including phenoxy) is 1. The highest BCUT2D eigenvalue weighted by molar-refractivity contribution is 6.34. The lowest BCUT2D eigenvalue weighted by atomic mass is 9.62. The van der Waals surface area contributed by atoms with E-state index < -0.39 is 35.1 Å². The number of nitrogens with zero attached hydrogens (tertiary/aromatic N) is 3. The number of likely N-dealkylation sites (tertiary alicyclic amines) is 1. The average molecular weight is 648 g/mol. The van der Waals surface area contributed by atoms with Crippen molar-refractivity contribution < 1.29 is 24.2 Å². The molecule has 3 heterocycles. The highest BCUT2D eigenvalue weighted by Crippen LogP contribution is 2.66. The van der Waals surface area contributed by atoms with Gasteiger partial charge in [0.1, 0.15) is 11.6 Å². The maximum atomic E-state index is 15.0. The second-order valence-corrected chi connectivity index (χ2v) is 13.7. The Hall–Kier alpha value is -3.46. The van der Waals surface area contributed by atoms with Crippen LogP contribution in [0.2, 0.25) is 5.02 Å². The Bertz CT molecular complexity index is 1480. The fourth-order valence-corrected chi connectivity index (χ4v) is 8.38. The first kappa shape index (κ1) is 33.9. The Morgan fingerprint density at radius 2 is 1.76 bits per heavy atom. The number of para-hydroxylation sites is 1. The molecule has 3 saturated heterocycles. The molecule has 0 aliphatic carbocycles. The van der Waals surface area contributed by atoms with Gasteiger partial charge in [-0.15, -0.1) is 13.2 Å². The number of carbonyl (C=O) groups excluding carboxylic acids is 3. The zero-order valence-electron chi connectivity index (χ0n) is 27.3. The van der Waals surface area contributed by atoms with Gasteiger partial charge in [0.2, 0.25) is 11.8 Å². The van der Waals surface area contributed by atoms with Gasteiger partial charge >= 0.3 is 0 Å². The van der Waals surface area contributed by atoms with Gasteiger partial charge in [-0.2, -0.15) is 0 Å². The number of fused-ring (bicyclic) bond motifs is 1. The van der Waals surface area contributed by atoms with E-state index in [-0.39, 0.29) is 42.7 Å². The number of aliphatic hydroxyl groups excluding tert-OH is 1. The second-order valence-electron chi connectivity index (χ2n) is 13.3. The molecule has 8 nitrogen and oxygen atoms in total. The molecule has 0 radical (unpaired) electrons. The Balaban J connectivity index is 1.65. The first-order valence-corrected chi connectivity index (χ1v) is 16.6. The van der Waals surface area contributed by atoms with E-state index in [0.717, 1.165) is 5.56 Å². The zero-order valence-corrected chi connectivity index (χ0v) is 28.0. The van der Waals surface area contributed by atoms with Crippen molar-refractivity contribution in [3.05, 3.63) is 90.5 Å². The van der Waals surface area contributed by atoms with Gasteiger partial charge in [-0.3, -0.25) is 14.4 Å². The van der Waals surface area contributed by atoms with Gasteiger partial charge in [0.15, 0.2) is 0 Å². The first-order chi connectivity index (χ1) is 22.0. The molecule has 1 N–H and O–H groups in total. The molecule has 5 rings (SSSR count). The van der Waals surface area contributed by atoms with E-state index in [1.807, 2.05) is 58.0 Å². The van der Waals surface area contributed by atoms with E-state index in [1.165, 1.54) is 0 Å². The van der Waals surface area contributed by atoms with Crippen LogP contribution in [-0.4, -0.2) is 75.6 Å². The third-order valence-corrected chi connectivity index (χ3v) is 11.0. The lowest BCUT2D eigenvalue weighted by Gasteiger charge is -2.41. The topological polar surface area (TPSA) is 90.4 Å². The quantitative estimate of drug-likeness (QED) is 0.291. The van der Waals surface area contributed by atoms with Crippen molar-refractivity contribution in [1.82, 2.24) is 9.80 Å². The molecule has 46 heavy (non-hydrogen) atoms. The minimum atomic E-state index is -1.28. The highest BCUT2D eigenvalue weighted by Gasteiger charge is 2.80. The van der Waals surface area contributed by atoms with Crippen LogP contribution < -0.4 is 4.90 Å². The third kappa shape index (κ3) is 5.38. The predicted molar refractivity (Wildman–Crippen MR) is 180 cm³/mol. The number of aliphatic hydroxyl groups is 1. The number of amides is 3. The maximum absolute atomic E-state index is 15.0. The van der Waals surface area contributed by atoms with E-state index in [9.17, 15) is 14.7 Å².